The van der Waals surface area contributed by atoms with Crippen molar-refractivity contribution in [2.24, 2.45) is 0 Å². The Morgan fingerprint density at radius 1 is 1.15 bits per heavy atom. The summed E-state index contributed by atoms with van der Waals surface area (Å²) in [5.41, 5.74) is 1.92. The van der Waals surface area contributed by atoms with Gasteiger partial charge >= 0.3 is 0 Å². The molecule has 1 aromatic heterocycles. The molecule has 0 saturated carbocycles. The van der Waals surface area contributed by atoms with E-state index in [4.69, 9.17) is 11.6 Å². The number of carbonyl (C=O) groups is 1. The van der Waals surface area contributed by atoms with Crippen LogP contribution < -0.4 is 10.9 Å². The number of nitrogens with zero attached hydrogens (tertiary/aromatic N) is 1. The summed E-state index contributed by atoms with van der Waals surface area (Å²) < 4.78 is 1.68. The molecule has 0 aliphatic rings. The molecule has 0 aliphatic heterocycles. The van der Waals surface area contributed by atoms with Gasteiger partial charge in [-0.15, -0.1) is 0 Å². The Hall–Kier alpha value is -2.59. The Morgan fingerprint density at radius 3 is 2.54 bits per heavy atom. The zero-order valence-electron chi connectivity index (χ0n) is 14.8. The summed E-state index contributed by atoms with van der Waals surface area (Å²) in [6, 6.07) is 16.4. The highest BCUT2D eigenvalue weighted by atomic mass is 35.5. The summed E-state index contributed by atoms with van der Waals surface area (Å²) in [5, 5.41) is 4.36. The first-order valence-electron chi connectivity index (χ1n) is 8.67. The summed E-state index contributed by atoms with van der Waals surface area (Å²) in [7, 11) is 0. The first kappa shape index (κ1) is 18.2. The topological polar surface area (TPSA) is 51.1 Å². The van der Waals surface area contributed by atoms with E-state index in [0.29, 0.717) is 17.1 Å². The molecule has 26 heavy (non-hydrogen) atoms. The molecule has 0 aliphatic carbocycles. The molecule has 134 valence electrons. The first-order valence-corrected chi connectivity index (χ1v) is 9.05. The van der Waals surface area contributed by atoms with Crippen molar-refractivity contribution in [3.8, 4) is 0 Å². The molecular formula is C21H21ClN2O2. The maximum absolute atomic E-state index is 12.7. The lowest BCUT2D eigenvalue weighted by atomic mass is 10.1. The molecule has 0 spiro atoms. The van der Waals surface area contributed by atoms with Gasteiger partial charge in [0.1, 0.15) is 0 Å². The van der Waals surface area contributed by atoms with Gasteiger partial charge in [0.2, 0.25) is 0 Å². The van der Waals surface area contributed by atoms with Gasteiger partial charge in [0.05, 0.1) is 17.6 Å². The van der Waals surface area contributed by atoms with Crippen LogP contribution in [0, 0.1) is 0 Å². The summed E-state index contributed by atoms with van der Waals surface area (Å²) in [5.74, 6) is -0.216. The normalized spacial score (nSPS) is 12.1. The zero-order valence-corrected chi connectivity index (χ0v) is 15.6. The number of amides is 1. The molecular weight excluding hydrogens is 348 g/mol. The molecule has 1 N–H and O–H groups in total. The van der Waals surface area contributed by atoms with Gasteiger partial charge in [0, 0.05) is 22.5 Å². The van der Waals surface area contributed by atoms with Crippen molar-refractivity contribution in [3.63, 3.8) is 0 Å². The fourth-order valence-electron chi connectivity index (χ4n) is 2.86. The molecule has 3 aromatic rings. The third-order valence-electron chi connectivity index (χ3n) is 4.51. The van der Waals surface area contributed by atoms with Gasteiger partial charge in [-0.3, -0.25) is 9.59 Å². The molecule has 4 nitrogen and oxygen atoms in total. The number of benzene rings is 2. The number of fused-ring (bicyclic) bond motifs is 1. The van der Waals surface area contributed by atoms with E-state index < -0.39 is 0 Å². The highest BCUT2D eigenvalue weighted by molar-refractivity contribution is 6.30. The average Bonchev–Trinajstić information content (AvgIpc) is 2.65. The molecule has 2 aromatic carbocycles. The van der Waals surface area contributed by atoms with E-state index in [9.17, 15) is 9.59 Å². The van der Waals surface area contributed by atoms with Crippen molar-refractivity contribution in [2.75, 3.05) is 0 Å². The molecule has 0 fully saturated rings. The molecule has 0 saturated heterocycles. The van der Waals surface area contributed by atoms with Gasteiger partial charge in [0.15, 0.2) is 0 Å². The van der Waals surface area contributed by atoms with Crippen molar-refractivity contribution in [1.29, 1.82) is 0 Å². The van der Waals surface area contributed by atoms with E-state index in [1.165, 1.54) is 6.07 Å². The number of hydrogen-bond donors (Lipinski definition) is 1. The van der Waals surface area contributed by atoms with Crippen molar-refractivity contribution < 1.29 is 4.79 Å². The summed E-state index contributed by atoms with van der Waals surface area (Å²) >= 11 is 5.94. The predicted molar refractivity (Wildman–Crippen MR) is 106 cm³/mol. The van der Waals surface area contributed by atoms with Crippen LogP contribution in [0.15, 0.2) is 59.4 Å². The van der Waals surface area contributed by atoms with E-state index in [1.807, 2.05) is 50.2 Å². The van der Waals surface area contributed by atoms with Gasteiger partial charge in [-0.1, -0.05) is 48.9 Å². The molecule has 0 radical (unpaired) electrons. The molecule has 1 amide bonds. The lowest BCUT2D eigenvalue weighted by Gasteiger charge is -2.16. The number of hydrogen-bond acceptors (Lipinski definition) is 2. The van der Waals surface area contributed by atoms with E-state index in [2.05, 4.69) is 5.32 Å². The van der Waals surface area contributed by atoms with Crippen molar-refractivity contribution >= 4 is 28.4 Å². The van der Waals surface area contributed by atoms with Crippen LogP contribution in [0.25, 0.3) is 10.9 Å². The minimum atomic E-state index is -0.216. The minimum Gasteiger partial charge on any atom is -0.350 e. The molecule has 1 unspecified atom stereocenters. The molecule has 1 atom stereocenters. The van der Waals surface area contributed by atoms with Crippen molar-refractivity contribution in [3.05, 3.63) is 81.1 Å². The van der Waals surface area contributed by atoms with E-state index >= 15 is 0 Å². The average molecular weight is 369 g/mol. The lowest BCUT2D eigenvalue weighted by molar-refractivity contribution is 0.0940. The van der Waals surface area contributed by atoms with Crippen molar-refractivity contribution in [1.82, 2.24) is 9.88 Å². The smallest absolute Gasteiger partial charge is 0.252 e. The van der Waals surface area contributed by atoms with Gasteiger partial charge in [-0.25, -0.2) is 0 Å². The second-order valence-electron chi connectivity index (χ2n) is 6.41. The Bertz CT molecular complexity index is 993. The third kappa shape index (κ3) is 3.81. The quantitative estimate of drug-likeness (QED) is 0.732. The van der Waals surface area contributed by atoms with Gasteiger partial charge in [0.25, 0.3) is 11.5 Å². The van der Waals surface area contributed by atoms with Gasteiger partial charge in [-0.05, 0) is 37.1 Å². The van der Waals surface area contributed by atoms with Crippen LogP contribution in [-0.2, 0) is 6.54 Å². The number of halogens is 1. The van der Waals surface area contributed by atoms with Crippen LogP contribution in [0.3, 0.4) is 0 Å². The Labute approximate surface area is 157 Å². The van der Waals surface area contributed by atoms with Gasteiger partial charge in [-0.2, -0.15) is 0 Å². The van der Waals surface area contributed by atoms with Crippen LogP contribution in [0.1, 0.15) is 36.2 Å². The number of nitrogens with one attached hydrogen (secondary N) is 1. The summed E-state index contributed by atoms with van der Waals surface area (Å²) in [6.45, 7) is 4.37. The summed E-state index contributed by atoms with van der Waals surface area (Å²) in [6.07, 6.45) is 0.831. The predicted octanol–water partition coefficient (Wildman–Crippen LogP) is 4.23. The highest BCUT2D eigenvalue weighted by Gasteiger charge is 2.16. The monoisotopic (exact) mass is 368 g/mol. The summed E-state index contributed by atoms with van der Waals surface area (Å²) in [4.78, 5) is 25.4. The van der Waals surface area contributed by atoms with Crippen LogP contribution in [0.2, 0.25) is 5.02 Å². The van der Waals surface area contributed by atoms with Crippen LogP contribution in [-0.4, -0.2) is 16.5 Å². The highest BCUT2D eigenvalue weighted by Crippen LogP contribution is 2.19. The lowest BCUT2D eigenvalue weighted by Crippen LogP contribution is -2.33. The van der Waals surface area contributed by atoms with Crippen LogP contribution in [0.4, 0.5) is 0 Å². The number of aromatic nitrogens is 1. The molecule has 5 heteroatoms. The second-order valence-corrected chi connectivity index (χ2v) is 6.85. The zero-order chi connectivity index (χ0) is 18.7. The first-order chi connectivity index (χ1) is 12.5. The Morgan fingerprint density at radius 2 is 1.85 bits per heavy atom. The number of pyridine rings is 1. The Kier molecular flexibility index (Phi) is 5.43. The fourth-order valence-corrected chi connectivity index (χ4v) is 2.99. The number of carbonyl (C=O) groups excluding carboxylic acids is 1. The van der Waals surface area contributed by atoms with Crippen LogP contribution in [0.5, 0.6) is 0 Å². The fraction of sp³-hybridized carbons (Fsp3) is 0.238. The van der Waals surface area contributed by atoms with Crippen molar-refractivity contribution in [2.45, 2.75) is 32.9 Å². The standard InChI is InChI=1S/C21H21ClN2O2/c1-3-14(2)23-21(26)18-12-20(25)24(19-7-5-4-6-17(18)19)13-15-8-10-16(22)11-9-15/h4-12,14H,3,13H2,1-2H3,(H,23,26). The van der Waals surface area contributed by atoms with Crippen LogP contribution >= 0.6 is 11.6 Å². The maximum atomic E-state index is 12.7. The maximum Gasteiger partial charge on any atom is 0.252 e. The molecule has 0 bridgehead atoms. The van der Waals surface area contributed by atoms with Gasteiger partial charge < -0.3 is 9.88 Å². The Balaban J connectivity index is 2.08. The van der Waals surface area contributed by atoms with E-state index in [0.717, 1.165) is 22.9 Å². The second kappa shape index (κ2) is 7.75. The SMILES string of the molecule is CCC(C)NC(=O)c1cc(=O)n(Cc2ccc(Cl)cc2)c2ccccc12. The molecule has 1 heterocycles. The third-order valence-corrected chi connectivity index (χ3v) is 4.76. The largest absolute Gasteiger partial charge is 0.350 e. The minimum absolute atomic E-state index is 0.0535. The van der Waals surface area contributed by atoms with E-state index in [1.54, 1.807) is 16.7 Å². The molecule has 3 rings (SSSR count). The number of rotatable bonds is 5. The van der Waals surface area contributed by atoms with E-state index in [-0.39, 0.29) is 17.5 Å². The number of para-hydroxylation sites is 1.